The van der Waals surface area contributed by atoms with E-state index in [4.69, 9.17) is 0 Å². The average Bonchev–Trinajstić information content (AvgIpc) is 2.49. The van der Waals surface area contributed by atoms with Gasteiger partial charge in [-0.15, -0.1) is 0 Å². The SMILES string of the molecule is CCCC1C(=O)NC(=O)CC12CCCC2(C)C. The van der Waals surface area contributed by atoms with Gasteiger partial charge < -0.3 is 0 Å². The third-order valence-corrected chi connectivity index (χ3v) is 5.07. The Morgan fingerprint density at radius 3 is 2.53 bits per heavy atom. The molecule has 1 aliphatic carbocycles. The first-order chi connectivity index (χ1) is 7.93. The quantitative estimate of drug-likeness (QED) is 0.750. The summed E-state index contributed by atoms with van der Waals surface area (Å²) in [5.74, 6) is -0.0712. The van der Waals surface area contributed by atoms with E-state index >= 15 is 0 Å². The van der Waals surface area contributed by atoms with Gasteiger partial charge in [-0.1, -0.05) is 33.6 Å². The predicted octanol–water partition coefficient (Wildman–Crippen LogP) is 2.65. The Kier molecular flexibility index (Phi) is 3.04. The summed E-state index contributed by atoms with van der Waals surface area (Å²) in [6.45, 7) is 6.57. The molecule has 1 heterocycles. The van der Waals surface area contributed by atoms with Crippen LogP contribution in [0.3, 0.4) is 0 Å². The van der Waals surface area contributed by atoms with E-state index in [1.165, 1.54) is 0 Å². The van der Waals surface area contributed by atoms with Crippen LogP contribution in [0.1, 0.15) is 59.3 Å². The molecule has 2 amide bonds. The minimum atomic E-state index is -0.0809. The third kappa shape index (κ3) is 1.80. The van der Waals surface area contributed by atoms with Gasteiger partial charge in [0.2, 0.25) is 11.8 Å². The van der Waals surface area contributed by atoms with Crippen LogP contribution in [-0.2, 0) is 9.59 Å². The molecule has 1 saturated heterocycles. The van der Waals surface area contributed by atoms with Crippen molar-refractivity contribution in [1.29, 1.82) is 0 Å². The van der Waals surface area contributed by atoms with Gasteiger partial charge in [0, 0.05) is 12.3 Å². The summed E-state index contributed by atoms with van der Waals surface area (Å²) < 4.78 is 0. The first kappa shape index (κ1) is 12.6. The van der Waals surface area contributed by atoms with Gasteiger partial charge in [-0.05, 0) is 30.1 Å². The molecule has 0 radical (unpaired) electrons. The molecule has 1 aliphatic heterocycles. The van der Waals surface area contributed by atoms with Crippen LogP contribution in [0.2, 0.25) is 0 Å². The van der Waals surface area contributed by atoms with Gasteiger partial charge in [0.25, 0.3) is 0 Å². The number of imide groups is 1. The number of carbonyl (C=O) groups is 2. The third-order valence-electron chi connectivity index (χ3n) is 5.07. The first-order valence-electron chi connectivity index (χ1n) is 6.77. The van der Waals surface area contributed by atoms with E-state index in [9.17, 15) is 9.59 Å². The summed E-state index contributed by atoms with van der Waals surface area (Å²) >= 11 is 0. The second-order valence-corrected chi connectivity index (χ2v) is 6.32. The van der Waals surface area contributed by atoms with Crippen molar-refractivity contribution in [3.05, 3.63) is 0 Å². The molecule has 3 heteroatoms. The van der Waals surface area contributed by atoms with Gasteiger partial charge in [0.1, 0.15) is 0 Å². The van der Waals surface area contributed by atoms with Crippen LogP contribution in [0.15, 0.2) is 0 Å². The Morgan fingerprint density at radius 1 is 1.29 bits per heavy atom. The lowest BCUT2D eigenvalue weighted by Crippen LogP contribution is -2.55. The number of hydrogen-bond acceptors (Lipinski definition) is 2. The van der Waals surface area contributed by atoms with Crippen LogP contribution in [-0.4, -0.2) is 11.8 Å². The lowest BCUT2D eigenvalue weighted by Gasteiger charge is -2.48. The molecule has 2 unspecified atom stereocenters. The molecule has 0 aromatic rings. The number of amides is 2. The number of hydrogen-bond donors (Lipinski definition) is 1. The highest BCUT2D eigenvalue weighted by Gasteiger charge is 2.58. The Hall–Kier alpha value is -0.860. The fraction of sp³-hybridized carbons (Fsp3) is 0.857. The van der Waals surface area contributed by atoms with E-state index in [1.54, 1.807) is 0 Å². The van der Waals surface area contributed by atoms with Gasteiger partial charge in [-0.2, -0.15) is 0 Å². The molecule has 1 spiro atoms. The molecule has 0 aromatic carbocycles. The van der Waals surface area contributed by atoms with Crippen molar-refractivity contribution in [2.24, 2.45) is 16.7 Å². The van der Waals surface area contributed by atoms with E-state index in [2.05, 4.69) is 26.1 Å². The second-order valence-electron chi connectivity index (χ2n) is 6.32. The smallest absolute Gasteiger partial charge is 0.230 e. The van der Waals surface area contributed by atoms with E-state index in [0.29, 0.717) is 6.42 Å². The van der Waals surface area contributed by atoms with Crippen molar-refractivity contribution >= 4 is 11.8 Å². The Bertz CT molecular complexity index is 348. The zero-order valence-corrected chi connectivity index (χ0v) is 11.1. The lowest BCUT2D eigenvalue weighted by atomic mass is 9.56. The Labute approximate surface area is 103 Å². The minimum absolute atomic E-state index is 0.0296. The zero-order valence-electron chi connectivity index (χ0n) is 11.1. The van der Waals surface area contributed by atoms with Gasteiger partial charge in [0.15, 0.2) is 0 Å². The van der Waals surface area contributed by atoms with E-state index in [0.717, 1.165) is 32.1 Å². The van der Waals surface area contributed by atoms with Crippen molar-refractivity contribution in [2.45, 2.75) is 59.3 Å². The molecular formula is C14H23NO2. The predicted molar refractivity (Wildman–Crippen MR) is 66.2 cm³/mol. The van der Waals surface area contributed by atoms with Gasteiger partial charge in [-0.3, -0.25) is 14.9 Å². The first-order valence-corrected chi connectivity index (χ1v) is 6.77. The largest absolute Gasteiger partial charge is 0.296 e. The summed E-state index contributed by atoms with van der Waals surface area (Å²) in [4.78, 5) is 23.9. The molecular weight excluding hydrogens is 214 g/mol. The highest BCUT2D eigenvalue weighted by Crippen LogP contribution is 2.60. The van der Waals surface area contributed by atoms with Crippen LogP contribution in [0, 0.1) is 16.7 Å². The van der Waals surface area contributed by atoms with Crippen LogP contribution in [0.4, 0.5) is 0 Å². The molecule has 1 saturated carbocycles. The normalized spacial score (nSPS) is 36.3. The monoisotopic (exact) mass is 237 g/mol. The maximum Gasteiger partial charge on any atom is 0.230 e. The van der Waals surface area contributed by atoms with Crippen molar-refractivity contribution in [2.75, 3.05) is 0 Å². The molecule has 3 nitrogen and oxygen atoms in total. The summed E-state index contributed by atoms with van der Waals surface area (Å²) in [7, 11) is 0. The van der Waals surface area contributed by atoms with Crippen molar-refractivity contribution in [1.82, 2.24) is 5.32 Å². The number of nitrogens with one attached hydrogen (secondary N) is 1. The molecule has 2 fully saturated rings. The number of rotatable bonds is 2. The molecule has 2 atom stereocenters. The summed E-state index contributed by atoms with van der Waals surface area (Å²) in [5, 5.41) is 2.53. The Morgan fingerprint density at radius 2 is 2.00 bits per heavy atom. The summed E-state index contributed by atoms with van der Waals surface area (Å²) in [5.41, 5.74) is 0.0304. The fourth-order valence-corrected chi connectivity index (χ4v) is 4.03. The maximum absolute atomic E-state index is 12.1. The molecule has 0 aromatic heterocycles. The average molecular weight is 237 g/mol. The van der Waals surface area contributed by atoms with Crippen LogP contribution in [0.5, 0.6) is 0 Å². The maximum atomic E-state index is 12.1. The number of carbonyl (C=O) groups excluding carboxylic acids is 2. The van der Waals surface area contributed by atoms with E-state index < -0.39 is 0 Å². The molecule has 2 rings (SSSR count). The van der Waals surface area contributed by atoms with Crippen molar-refractivity contribution in [3.63, 3.8) is 0 Å². The van der Waals surface area contributed by atoms with Crippen LogP contribution in [0.25, 0.3) is 0 Å². The van der Waals surface area contributed by atoms with Gasteiger partial charge >= 0.3 is 0 Å². The van der Waals surface area contributed by atoms with Gasteiger partial charge in [-0.25, -0.2) is 0 Å². The fourth-order valence-electron chi connectivity index (χ4n) is 4.03. The zero-order chi connectivity index (χ0) is 12.7. The van der Waals surface area contributed by atoms with Crippen molar-refractivity contribution in [3.8, 4) is 0 Å². The standard InChI is InChI=1S/C14H23NO2/c1-4-6-10-12(17)15-11(16)9-14(10)8-5-7-13(14,2)3/h10H,4-9H2,1-3H3,(H,15,16,17). The second kappa shape index (κ2) is 4.11. The van der Waals surface area contributed by atoms with Crippen LogP contribution < -0.4 is 5.32 Å². The molecule has 1 N–H and O–H groups in total. The molecule has 17 heavy (non-hydrogen) atoms. The number of piperidine rings is 1. The van der Waals surface area contributed by atoms with E-state index in [1.807, 2.05) is 0 Å². The topological polar surface area (TPSA) is 46.2 Å². The summed E-state index contributed by atoms with van der Waals surface area (Å²) in [6, 6.07) is 0. The molecule has 96 valence electrons. The van der Waals surface area contributed by atoms with Crippen LogP contribution >= 0.6 is 0 Å². The van der Waals surface area contributed by atoms with Crippen molar-refractivity contribution < 1.29 is 9.59 Å². The minimum Gasteiger partial charge on any atom is -0.296 e. The van der Waals surface area contributed by atoms with E-state index in [-0.39, 0.29) is 28.6 Å². The molecule has 2 aliphatic rings. The molecule has 0 bridgehead atoms. The highest BCUT2D eigenvalue weighted by atomic mass is 16.2. The highest BCUT2D eigenvalue weighted by molar-refractivity contribution is 5.99. The lowest BCUT2D eigenvalue weighted by molar-refractivity contribution is -0.149. The summed E-state index contributed by atoms with van der Waals surface area (Å²) in [6.07, 6.45) is 5.76. The van der Waals surface area contributed by atoms with Gasteiger partial charge in [0.05, 0.1) is 0 Å². The Balaban J connectivity index is 2.39.